The molecule has 0 aliphatic carbocycles. The summed E-state index contributed by atoms with van der Waals surface area (Å²) in [5, 5.41) is 0. The summed E-state index contributed by atoms with van der Waals surface area (Å²) in [6, 6.07) is 0. The van der Waals surface area contributed by atoms with Gasteiger partial charge in [-0.2, -0.15) is 0 Å². The van der Waals surface area contributed by atoms with Gasteiger partial charge in [-0.3, -0.25) is 0 Å². The molecule has 0 saturated heterocycles. The van der Waals surface area contributed by atoms with Gasteiger partial charge >= 0.3 is 6.72 Å². The molecule has 0 amide bonds. The van der Waals surface area contributed by atoms with Crippen molar-refractivity contribution in [3.63, 3.8) is 0 Å². The van der Waals surface area contributed by atoms with Crippen molar-refractivity contribution in [2.45, 2.75) is 6.42 Å². The molecule has 0 atom stereocenters. The zero-order valence-corrected chi connectivity index (χ0v) is 6.57. The van der Waals surface area contributed by atoms with Crippen molar-refractivity contribution in [1.82, 2.24) is 0 Å². The first-order valence-corrected chi connectivity index (χ1v) is 5.09. The van der Waals surface area contributed by atoms with Crippen LogP contribution in [0.4, 0.5) is 0 Å². The van der Waals surface area contributed by atoms with Crippen LogP contribution in [0.2, 0.25) is 0 Å². The minimum atomic E-state index is -3.42. The molecule has 56 valence electrons. The molecule has 0 rings (SSSR count). The monoisotopic (exact) mass is 171 g/mol. The molecule has 0 spiro atoms. The van der Waals surface area contributed by atoms with Crippen LogP contribution in [-0.2, 0) is 16.3 Å². The molecule has 0 unspecified atom stereocenters. The lowest BCUT2D eigenvalue weighted by Crippen LogP contribution is -2.02. The van der Waals surface area contributed by atoms with Crippen LogP contribution < -0.4 is 5.73 Å². The van der Waals surface area contributed by atoms with Crippen molar-refractivity contribution < 1.29 is 14.3 Å². The summed E-state index contributed by atoms with van der Waals surface area (Å²) in [6.45, 7) is -2.73. The van der Waals surface area contributed by atoms with Gasteiger partial charge in [-0.25, -0.2) is 0 Å². The summed E-state index contributed by atoms with van der Waals surface area (Å²) < 4.78 is 4.43. The Morgan fingerprint density at radius 3 is 2.44 bits per heavy atom. The van der Waals surface area contributed by atoms with Gasteiger partial charge in [0, 0.05) is 0 Å². The molecule has 6 heteroatoms. The minimum Gasteiger partial charge on any atom is -0.330 e. The molecule has 0 heterocycles. The SMILES string of the molecule is NCCCOP(O)(O)=S. The first-order chi connectivity index (χ1) is 4.06. The summed E-state index contributed by atoms with van der Waals surface area (Å²) in [7, 11) is 0. The average Bonchev–Trinajstić information content (AvgIpc) is 1.63. The van der Waals surface area contributed by atoms with E-state index in [1.165, 1.54) is 0 Å². The molecule has 0 aliphatic heterocycles. The molecule has 9 heavy (non-hydrogen) atoms. The fourth-order valence-electron chi connectivity index (χ4n) is 0.267. The van der Waals surface area contributed by atoms with E-state index >= 15 is 0 Å². The van der Waals surface area contributed by atoms with Crippen molar-refractivity contribution in [1.29, 1.82) is 0 Å². The summed E-state index contributed by atoms with van der Waals surface area (Å²) in [5.74, 6) is 0. The summed E-state index contributed by atoms with van der Waals surface area (Å²) in [5.41, 5.74) is 5.09. The normalized spacial score (nSPS) is 11.9. The quantitative estimate of drug-likeness (QED) is 0.395. The Labute approximate surface area is 58.9 Å². The molecular formula is C3H10NO3PS. The van der Waals surface area contributed by atoms with Crippen LogP contribution in [-0.4, -0.2) is 22.9 Å². The molecule has 0 fully saturated rings. The van der Waals surface area contributed by atoms with Crippen LogP contribution in [0.5, 0.6) is 0 Å². The highest BCUT2D eigenvalue weighted by atomic mass is 32.5. The Kier molecular flexibility index (Phi) is 4.56. The number of hydrogen-bond acceptors (Lipinski definition) is 3. The topological polar surface area (TPSA) is 75.7 Å². The summed E-state index contributed by atoms with van der Waals surface area (Å²) in [6.07, 6.45) is 0.597. The zero-order valence-electron chi connectivity index (χ0n) is 4.86. The molecule has 0 bridgehead atoms. The third kappa shape index (κ3) is 8.49. The lowest BCUT2D eigenvalue weighted by molar-refractivity contribution is 0.250. The van der Waals surface area contributed by atoms with Crippen LogP contribution in [0.1, 0.15) is 6.42 Å². The van der Waals surface area contributed by atoms with Gasteiger partial charge in [0.2, 0.25) is 0 Å². The van der Waals surface area contributed by atoms with E-state index in [-0.39, 0.29) is 6.61 Å². The number of hydrogen-bond donors (Lipinski definition) is 3. The smallest absolute Gasteiger partial charge is 0.321 e. The summed E-state index contributed by atoms with van der Waals surface area (Å²) in [4.78, 5) is 16.9. The lowest BCUT2D eigenvalue weighted by atomic mass is 10.5. The molecule has 0 radical (unpaired) electrons. The number of rotatable bonds is 4. The predicted molar refractivity (Wildman–Crippen MR) is 38.3 cm³/mol. The van der Waals surface area contributed by atoms with Crippen molar-refractivity contribution in [2.75, 3.05) is 13.2 Å². The van der Waals surface area contributed by atoms with Gasteiger partial charge in [-0.05, 0) is 24.8 Å². The first-order valence-electron chi connectivity index (χ1n) is 2.46. The average molecular weight is 171 g/mol. The molecule has 0 saturated carbocycles. The van der Waals surface area contributed by atoms with E-state index in [2.05, 4.69) is 16.3 Å². The zero-order chi connectivity index (χ0) is 7.33. The molecular weight excluding hydrogens is 161 g/mol. The van der Waals surface area contributed by atoms with Gasteiger partial charge in [0.15, 0.2) is 0 Å². The Bertz CT molecular complexity index is 114. The van der Waals surface area contributed by atoms with E-state index in [0.29, 0.717) is 13.0 Å². The van der Waals surface area contributed by atoms with Gasteiger partial charge in [0.05, 0.1) is 6.61 Å². The molecule has 0 aromatic rings. The number of nitrogens with two attached hydrogens (primary N) is 1. The highest BCUT2D eigenvalue weighted by Gasteiger charge is 2.05. The molecule has 0 aliphatic rings. The standard InChI is InChI=1S/C3H10NO3PS/c4-2-1-3-7-8(5,6)9/h1-4H2,(H2,5,6,9). The van der Waals surface area contributed by atoms with E-state index in [1.807, 2.05) is 0 Å². The van der Waals surface area contributed by atoms with Crippen LogP contribution in [0, 0.1) is 0 Å². The van der Waals surface area contributed by atoms with Crippen molar-refractivity contribution >= 4 is 18.5 Å². The Hall–Kier alpha value is 0.490. The maximum atomic E-state index is 8.46. The van der Waals surface area contributed by atoms with E-state index in [0.717, 1.165) is 0 Å². The Morgan fingerprint density at radius 1 is 1.56 bits per heavy atom. The highest BCUT2D eigenvalue weighted by Crippen LogP contribution is 2.35. The van der Waals surface area contributed by atoms with Crippen molar-refractivity contribution in [3.05, 3.63) is 0 Å². The van der Waals surface area contributed by atoms with Crippen LogP contribution >= 0.6 is 6.72 Å². The minimum absolute atomic E-state index is 0.223. The van der Waals surface area contributed by atoms with Crippen LogP contribution in [0.15, 0.2) is 0 Å². The maximum absolute atomic E-state index is 8.46. The summed E-state index contributed by atoms with van der Waals surface area (Å²) >= 11 is 4.16. The predicted octanol–water partition coefficient (Wildman–Crippen LogP) is -0.439. The van der Waals surface area contributed by atoms with E-state index < -0.39 is 6.72 Å². The third-order valence-electron chi connectivity index (χ3n) is 0.608. The van der Waals surface area contributed by atoms with Gasteiger partial charge in [-0.1, -0.05) is 0 Å². The first kappa shape index (κ1) is 9.49. The van der Waals surface area contributed by atoms with Gasteiger partial charge < -0.3 is 20.0 Å². The van der Waals surface area contributed by atoms with E-state index in [1.54, 1.807) is 0 Å². The van der Waals surface area contributed by atoms with E-state index in [4.69, 9.17) is 15.5 Å². The molecule has 4 N–H and O–H groups in total. The highest BCUT2D eigenvalue weighted by molar-refractivity contribution is 8.06. The van der Waals surface area contributed by atoms with Gasteiger partial charge in [0.25, 0.3) is 0 Å². The molecule has 0 aromatic carbocycles. The van der Waals surface area contributed by atoms with E-state index in [9.17, 15) is 0 Å². The second kappa shape index (κ2) is 4.33. The van der Waals surface area contributed by atoms with Gasteiger partial charge in [0.1, 0.15) is 0 Å². The molecule has 0 aromatic heterocycles. The Morgan fingerprint density at radius 2 is 2.11 bits per heavy atom. The second-order valence-corrected chi connectivity index (χ2v) is 4.13. The van der Waals surface area contributed by atoms with Crippen LogP contribution in [0.25, 0.3) is 0 Å². The Balaban J connectivity index is 3.18. The van der Waals surface area contributed by atoms with Gasteiger partial charge in [-0.15, -0.1) is 0 Å². The lowest BCUT2D eigenvalue weighted by Gasteiger charge is -2.05. The fraction of sp³-hybridized carbons (Fsp3) is 1.00. The maximum Gasteiger partial charge on any atom is 0.321 e. The largest absolute Gasteiger partial charge is 0.330 e. The third-order valence-corrected chi connectivity index (χ3v) is 1.44. The van der Waals surface area contributed by atoms with Crippen molar-refractivity contribution in [3.8, 4) is 0 Å². The fourth-order valence-corrected chi connectivity index (χ4v) is 0.857. The van der Waals surface area contributed by atoms with Crippen LogP contribution in [0.3, 0.4) is 0 Å². The molecule has 4 nitrogen and oxygen atoms in total. The second-order valence-electron chi connectivity index (χ2n) is 1.47. The van der Waals surface area contributed by atoms with Crippen molar-refractivity contribution in [2.24, 2.45) is 5.73 Å².